The molecule has 0 aromatic carbocycles. The van der Waals surface area contributed by atoms with Crippen molar-refractivity contribution in [1.29, 1.82) is 0 Å². The van der Waals surface area contributed by atoms with Crippen LogP contribution < -0.4 is 0 Å². The summed E-state index contributed by atoms with van der Waals surface area (Å²) in [5.41, 5.74) is 3.07. The molecule has 2 atom stereocenters. The van der Waals surface area contributed by atoms with Crippen molar-refractivity contribution >= 4 is 17.7 Å². The minimum absolute atomic E-state index is 0.115. The maximum absolute atomic E-state index is 11.1. The van der Waals surface area contributed by atoms with Crippen LogP contribution in [0.1, 0.15) is 36.2 Å². The van der Waals surface area contributed by atoms with Gasteiger partial charge in [0, 0.05) is 16.6 Å². The molecule has 1 aromatic rings. The summed E-state index contributed by atoms with van der Waals surface area (Å²) >= 11 is 1.52. The van der Waals surface area contributed by atoms with Gasteiger partial charge in [-0.2, -0.15) is 0 Å². The molecule has 1 fully saturated rings. The van der Waals surface area contributed by atoms with E-state index in [2.05, 4.69) is 9.97 Å². The van der Waals surface area contributed by atoms with Crippen molar-refractivity contribution in [3.8, 4) is 0 Å². The van der Waals surface area contributed by atoms with E-state index in [4.69, 9.17) is 5.11 Å². The first-order chi connectivity index (χ1) is 8.49. The normalized spacial score (nSPS) is 23.3. The topological polar surface area (TPSA) is 63.1 Å². The average molecular weight is 266 g/mol. The summed E-state index contributed by atoms with van der Waals surface area (Å²) in [5.74, 6) is -0.939. The van der Waals surface area contributed by atoms with Crippen molar-refractivity contribution in [3.63, 3.8) is 0 Å². The number of carboxylic acids is 1. The van der Waals surface area contributed by atoms with E-state index in [9.17, 15) is 4.79 Å². The van der Waals surface area contributed by atoms with Crippen molar-refractivity contribution in [2.75, 3.05) is 0 Å². The van der Waals surface area contributed by atoms with Crippen LogP contribution in [0, 0.1) is 26.7 Å². The number of thioether (sulfide) groups is 1. The third-order valence-corrected chi connectivity index (χ3v) is 4.90. The second kappa shape index (κ2) is 5.26. The van der Waals surface area contributed by atoms with E-state index < -0.39 is 5.97 Å². The van der Waals surface area contributed by atoms with Gasteiger partial charge < -0.3 is 5.11 Å². The Balaban J connectivity index is 2.16. The highest BCUT2D eigenvalue weighted by Gasteiger charge is 2.34. The molecule has 18 heavy (non-hydrogen) atoms. The Morgan fingerprint density at radius 3 is 2.39 bits per heavy atom. The van der Waals surface area contributed by atoms with Gasteiger partial charge in [0.05, 0.1) is 5.92 Å². The number of aromatic nitrogens is 2. The molecule has 0 radical (unpaired) electrons. The average Bonchev–Trinajstić information content (AvgIpc) is 2.74. The van der Waals surface area contributed by atoms with Crippen LogP contribution >= 0.6 is 11.8 Å². The highest BCUT2D eigenvalue weighted by atomic mass is 32.2. The van der Waals surface area contributed by atoms with Crippen LogP contribution in [-0.2, 0) is 4.79 Å². The Kier molecular flexibility index (Phi) is 3.90. The number of rotatable bonds is 3. The highest BCUT2D eigenvalue weighted by Crippen LogP contribution is 2.38. The number of nitrogens with zero attached hydrogens (tertiary/aromatic N) is 2. The maximum atomic E-state index is 11.1. The van der Waals surface area contributed by atoms with Gasteiger partial charge in [-0.3, -0.25) is 4.79 Å². The van der Waals surface area contributed by atoms with Crippen molar-refractivity contribution in [3.05, 3.63) is 17.0 Å². The van der Waals surface area contributed by atoms with Gasteiger partial charge in [0.2, 0.25) is 0 Å². The quantitative estimate of drug-likeness (QED) is 0.852. The Morgan fingerprint density at radius 2 is 1.83 bits per heavy atom. The maximum Gasteiger partial charge on any atom is 0.307 e. The van der Waals surface area contributed by atoms with Crippen molar-refractivity contribution in [1.82, 2.24) is 9.97 Å². The van der Waals surface area contributed by atoms with E-state index >= 15 is 0 Å². The Bertz CT molecular complexity index is 453. The molecule has 5 heteroatoms. The molecule has 0 saturated heterocycles. The number of hydrogen-bond acceptors (Lipinski definition) is 4. The molecule has 1 aliphatic carbocycles. The molecule has 2 unspecified atom stereocenters. The summed E-state index contributed by atoms with van der Waals surface area (Å²) < 4.78 is 0. The largest absolute Gasteiger partial charge is 0.481 e. The fourth-order valence-electron chi connectivity index (χ4n) is 2.28. The number of carbonyl (C=O) groups is 1. The molecule has 0 amide bonds. The molecule has 1 N–H and O–H groups in total. The van der Waals surface area contributed by atoms with Gasteiger partial charge in [0.15, 0.2) is 5.16 Å². The van der Waals surface area contributed by atoms with Crippen LogP contribution in [0.25, 0.3) is 0 Å². The molecule has 1 saturated carbocycles. The lowest BCUT2D eigenvalue weighted by Gasteiger charge is -2.15. The SMILES string of the molecule is Cc1nc(SC2CCCC2C(=O)O)nc(C)c1C. The third kappa shape index (κ3) is 2.66. The van der Waals surface area contributed by atoms with Gasteiger partial charge in [-0.05, 0) is 39.2 Å². The zero-order valence-corrected chi connectivity index (χ0v) is 11.8. The van der Waals surface area contributed by atoms with E-state index in [1.54, 1.807) is 0 Å². The smallest absolute Gasteiger partial charge is 0.307 e. The minimum atomic E-state index is -0.689. The van der Waals surface area contributed by atoms with Crippen molar-refractivity contribution < 1.29 is 9.90 Å². The van der Waals surface area contributed by atoms with Gasteiger partial charge in [-0.25, -0.2) is 9.97 Å². The lowest BCUT2D eigenvalue weighted by atomic mass is 10.1. The summed E-state index contributed by atoms with van der Waals surface area (Å²) in [4.78, 5) is 20.0. The lowest BCUT2D eigenvalue weighted by molar-refractivity contribution is -0.141. The van der Waals surface area contributed by atoms with Crippen LogP contribution in [-0.4, -0.2) is 26.3 Å². The summed E-state index contributed by atoms with van der Waals surface area (Å²) in [6, 6.07) is 0. The number of carboxylic acid groups (broad SMARTS) is 1. The molecule has 0 bridgehead atoms. The standard InChI is InChI=1S/C13H18N2O2S/c1-7-8(2)14-13(15-9(7)3)18-11-6-4-5-10(11)12(16)17/h10-11H,4-6H2,1-3H3,(H,16,17). The second-order valence-electron chi connectivity index (χ2n) is 4.83. The summed E-state index contributed by atoms with van der Waals surface area (Å²) in [6.07, 6.45) is 2.70. The minimum Gasteiger partial charge on any atom is -0.481 e. The first kappa shape index (κ1) is 13.3. The van der Waals surface area contributed by atoms with E-state index in [1.807, 2.05) is 20.8 Å². The summed E-state index contributed by atoms with van der Waals surface area (Å²) in [5, 5.41) is 9.99. The van der Waals surface area contributed by atoms with E-state index in [1.165, 1.54) is 11.8 Å². The first-order valence-corrected chi connectivity index (χ1v) is 7.08. The molecule has 98 valence electrons. The molecule has 1 aliphatic rings. The molecular formula is C13H18N2O2S. The van der Waals surface area contributed by atoms with Crippen LogP contribution in [0.15, 0.2) is 5.16 Å². The third-order valence-electron chi connectivity index (χ3n) is 3.64. The van der Waals surface area contributed by atoms with Crippen LogP contribution in [0.4, 0.5) is 0 Å². The van der Waals surface area contributed by atoms with Gasteiger partial charge >= 0.3 is 5.97 Å². The zero-order valence-electron chi connectivity index (χ0n) is 10.9. The highest BCUT2D eigenvalue weighted by molar-refractivity contribution is 7.99. The van der Waals surface area contributed by atoms with Crippen LogP contribution in [0.2, 0.25) is 0 Å². The second-order valence-corrected chi connectivity index (χ2v) is 6.04. The monoisotopic (exact) mass is 266 g/mol. The Morgan fingerprint density at radius 1 is 1.22 bits per heavy atom. The zero-order chi connectivity index (χ0) is 13.3. The predicted octanol–water partition coefficient (Wildman–Crippen LogP) is 2.75. The summed E-state index contributed by atoms with van der Waals surface area (Å²) in [7, 11) is 0. The molecule has 1 heterocycles. The predicted molar refractivity (Wildman–Crippen MR) is 70.9 cm³/mol. The number of hydrogen-bond donors (Lipinski definition) is 1. The molecule has 1 aromatic heterocycles. The van der Waals surface area contributed by atoms with Crippen LogP contribution in [0.3, 0.4) is 0 Å². The molecule has 0 aliphatic heterocycles. The number of aliphatic carboxylic acids is 1. The van der Waals surface area contributed by atoms with Gasteiger partial charge in [0.25, 0.3) is 0 Å². The molecule has 2 rings (SSSR count). The Labute approximate surface area is 111 Å². The van der Waals surface area contributed by atoms with Gasteiger partial charge in [-0.1, -0.05) is 18.2 Å². The van der Waals surface area contributed by atoms with E-state index in [-0.39, 0.29) is 11.2 Å². The first-order valence-electron chi connectivity index (χ1n) is 6.20. The van der Waals surface area contributed by atoms with Gasteiger partial charge in [0.1, 0.15) is 0 Å². The summed E-state index contributed by atoms with van der Waals surface area (Å²) in [6.45, 7) is 5.95. The van der Waals surface area contributed by atoms with Crippen molar-refractivity contribution in [2.45, 2.75) is 50.4 Å². The fourth-order valence-corrected chi connectivity index (χ4v) is 3.63. The van der Waals surface area contributed by atoms with Crippen molar-refractivity contribution in [2.24, 2.45) is 5.92 Å². The number of aryl methyl sites for hydroxylation is 2. The van der Waals surface area contributed by atoms with E-state index in [0.717, 1.165) is 36.2 Å². The Hall–Kier alpha value is -1.10. The van der Waals surface area contributed by atoms with E-state index in [0.29, 0.717) is 5.16 Å². The molecule has 4 nitrogen and oxygen atoms in total. The molecular weight excluding hydrogens is 248 g/mol. The fraction of sp³-hybridized carbons (Fsp3) is 0.615. The lowest BCUT2D eigenvalue weighted by Crippen LogP contribution is -2.20. The molecule has 0 spiro atoms. The van der Waals surface area contributed by atoms with Gasteiger partial charge in [-0.15, -0.1) is 0 Å². The van der Waals surface area contributed by atoms with Crippen LogP contribution in [0.5, 0.6) is 0 Å².